The number of nitrogens with zero attached hydrogens (tertiary/aromatic N) is 1. The van der Waals surface area contributed by atoms with Gasteiger partial charge in [-0.1, -0.05) is 60.7 Å². The topological polar surface area (TPSA) is 45.7 Å². The van der Waals surface area contributed by atoms with Gasteiger partial charge in [0.15, 0.2) is 5.11 Å². The summed E-state index contributed by atoms with van der Waals surface area (Å²) in [6, 6.07) is 22.3. The Kier molecular flexibility index (Phi) is 5.59. The van der Waals surface area contributed by atoms with Crippen LogP contribution in [0.4, 0.5) is 0 Å². The molecule has 0 amide bonds. The minimum absolute atomic E-state index is 0.461. The average molecular weight is 349 g/mol. The molecule has 3 rings (SSSR count). The number of fused-ring (bicyclic) bond motifs is 1. The van der Waals surface area contributed by atoms with Gasteiger partial charge in [0.2, 0.25) is 0 Å². The van der Waals surface area contributed by atoms with Crippen LogP contribution in [0.5, 0.6) is 5.75 Å². The number of benzene rings is 3. The molecule has 4 nitrogen and oxygen atoms in total. The van der Waals surface area contributed by atoms with E-state index in [-0.39, 0.29) is 0 Å². The van der Waals surface area contributed by atoms with Crippen molar-refractivity contribution in [2.45, 2.75) is 6.61 Å². The molecule has 126 valence electrons. The molecular weight excluding hydrogens is 330 g/mol. The molecule has 2 N–H and O–H groups in total. The lowest BCUT2D eigenvalue weighted by molar-refractivity contribution is 0.306. The first kappa shape index (κ1) is 16.9. The first-order valence-corrected chi connectivity index (χ1v) is 8.38. The highest BCUT2D eigenvalue weighted by Crippen LogP contribution is 2.27. The zero-order chi connectivity index (χ0) is 17.5. The van der Waals surface area contributed by atoms with Crippen molar-refractivity contribution in [2.24, 2.45) is 5.10 Å². The predicted octanol–water partition coefficient (Wildman–Crippen LogP) is 3.85. The Bertz CT molecular complexity index is 894. The van der Waals surface area contributed by atoms with Crippen molar-refractivity contribution in [2.75, 3.05) is 7.05 Å². The lowest BCUT2D eigenvalue weighted by atomic mass is 10.0. The zero-order valence-electron chi connectivity index (χ0n) is 13.9. The van der Waals surface area contributed by atoms with Gasteiger partial charge in [0.25, 0.3) is 0 Å². The molecule has 0 saturated carbocycles. The Morgan fingerprint density at radius 3 is 2.60 bits per heavy atom. The number of hydrogen-bond donors (Lipinski definition) is 2. The second-order valence-electron chi connectivity index (χ2n) is 5.42. The number of rotatable bonds is 5. The van der Waals surface area contributed by atoms with E-state index in [1.807, 2.05) is 48.5 Å². The van der Waals surface area contributed by atoms with Crippen LogP contribution < -0.4 is 15.5 Å². The molecule has 0 fully saturated rings. The van der Waals surface area contributed by atoms with Crippen LogP contribution in [-0.4, -0.2) is 18.4 Å². The maximum Gasteiger partial charge on any atom is 0.186 e. The summed E-state index contributed by atoms with van der Waals surface area (Å²) < 4.78 is 6.05. The van der Waals surface area contributed by atoms with Crippen LogP contribution in [0.1, 0.15) is 11.1 Å². The Labute approximate surface area is 152 Å². The summed E-state index contributed by atoms with van der Waals surface area (Å²) >= 11 is 5.05. The van der Waals surface area contributed by atoms with E-state index in [4.69, 9.17) is 17.0 Å². The second-order valence-corrected chi connectivity index (χ2v) is 5.83. The molecule has 0 bridgehead atoms. The van der Waals surface area contributed by atoms with Crippen LogP contribution >= 0.6 is 12.2 Å². The maximum atomic E-state index is 6.05. The lowest BCUT2D eigenvalue weighted by Crippen LogP contribution is -2.28. The third-order valence-corrected chi connectivity index (χ3v) is 4.05. The molecule has 0 aromatic heterocycles. The number of hydrazone groups is 1. The molecule has 3 aromatic carbocycles. The summed E-state index contributed by atoms with van der Waals surface area (Å²) in [6.45, 7) is 0.502. The first-order valence-electron chi connectivity index (χ1n) is 7.97. The van der Waals surface area contributed by atoms with E-state index in [0.717, 1.165) is 27.6 Å². The molecule has 5 heteroatoms. The molecule has 0 spiro atoms. The van der Waals surface area contributed by atoms with Gasteiger partial charge in [0.05, 0.1) is 6.21 Å². The van der Waals surface area contributed by atoms with Crippen molar-refractivity contribution in [3.63, 3.8) is 0 Å². The van der Waals surface area contributed by atoms with Crippen LogP contribution in [0, 0.1) is 0 Å². The van der Waals surface area contributed by atoms with Gasteiger partial charge in [-0.2, -0.15) is 5.10 Å². The molecular formula is C20H19N3OS. The van der Waals surface area contributed by atoms with Crippen LogP contribution in [0.15, 0.2) is 71.8 Å². The number of ether oxygens (including phenoxy) is 1. The summed E-state index contributed by atoms with van der Waals surface area (Å²) in [5.41, 5.74) is 4.82. The smallest absolute Gasteiger partial charge is 0.186 e. The largest absolute Gasteiger partial charge is 0.488 e. The Morgan fingerprint density at radius 2 is 1.80 bits per heavy atom. The van der Waals surface area contributed by atoms with E-state index >= 15 is 0 Å². The van der Waals surface area contributed by atoms with Crippen molar-refractivity contribution in [1.29, 1.82) is 0 Å². The summed E-state index contributed by atoms with van der Waals surface area (Å²) in [6.07, 6.45) is 1.74. The SMILES string of the molecule is CNC(=S)NN=Cc1c(OCc2ccccc2)ccc2ccccc12. The highest BCUT2D eigenvalue weighted by Gasteiger charge is 2.07. The summed E-state index contributed by atoms with van der Waals surface area (Å²) in [7, 11) is 1.75. The Balaban J connectivity index is 1.90. The minimum atomic E-state index is 0.461. The van der Waals surface area contributed by atoms with Crippen LogP contribution in [0.2, 0.25) is 0 Å². The third kappa shape index (κ3) is 4.33. The van der Waals surface area contributed by atoms with E-state index in [9.17, 15) is 0 Å². The molecule has 0 aliphatic heterocycles. The van der Waals surface area contributed by atoms with Gasteiger partial charge in [0, 0.05) is 12.6 Å². The average Bonchev–Trinajstić information content (AvgIpc) is 2.67. The van der Waals surface area contributed by atoms with E-state index in [1.54, 1.807) is 13.3 Å². The third-order valence-electron chi connectivity index (χ3n) is 3.75. The molecule has 25 heavy (non-hydrogen) atoms. The van der Waals surface area contributed by atoms with Gasteiger partial charge in [-0.15, -0.1) is 0 Å². The van der Waals surface area contributed by atoms with Gasteiger partial charge in [-0.3, -0.25) is 5.43 Å². The molecule has 0 unspecified atom stereocenters. The molecule has 0 aliphatic carbocycles. The Hall–Kier alpha value is -2.92. The van der Waals surface area contributed by atoms with Gasteiger partial charge in [-0.05, 0) is 34.6 Å². The molecule has 0 atom stereocenters. The zero-order valence-corrected chi connectivity index (χ0v) is 14.7. The molecule has 0 radical (unpaired) electrons. The minimum Gasteiger partial charge on any atom is -0.488 e. The fourth-order valence-corrected chi connectivity index (χ4v) is 2.53. The maximum absolute atomic E-state index is 6.05. The summed E-state index contributed by atoms with van der Waals surface area (Å²) in [5.74, 6) is 0.781. The van der Waals surface area contributed by atoms with Gasteiger partial charge < -0.3 is 10.1 Å². The van der Waals surface area contributed by atoms with E-state index in [1.165, 1.54) is 0 Å². The van der Waals surface area contributed by atoms with Crippen LogP contribution in [-0.2, 0) is 6.61 Å². The normalized spacial score (nSPS) is 10.8. The number of thiocarbonyl (C=S) groups is 1. The first-order chi connectivity index (χ1) is 12.3. The van der Waals surface area contributed by atoms with Gasteiger partial charge >= 0.3 is 0 Å². The van der Waals surface area contributed by atoms with Gasteiger partial charge in [-0.25, -0.2) is 0 Å². The fourth-order valence-electron chi connectivity index (χ4n) is 2.48. The van der Waals surface area contributed by atoms with E-state index < -0.39 is 0 Å². The molecule has 0 heterocycles. The number of hydrogen-bond acceptors (Lipinski definition) is 3. The fraction of sp³-hybridized carbons (Fsp3) is 0.100. The van der Waals surface area contributed by atoms with Crippen molar-refractivity contribution in [3.8, 4) is 5.75 Å². The van der Waals surface area contributed by atoms with Crippen LogP contribution in [0.25, 0.3) is 10.8 Å². The predicted molar refractivity (Wildman–Crippen MR) is 107 cm³/mol. The highest BCUT2D eigenvalue weighted by molar-refractivity contribution is 7.80. The molecule has 0 aliphatic rings. The van der Waals surface area contributed by atoms with Crippen molar-refractivity contribution < 1.29 is 4.74 Å². The molecule has 0 saturated heterocycles. The summed E-state index contributed by atoms with van der Waals surface area (Å²) in [5, 5.41) is 9.72. The monoisotopic (exact) mass is 349 g/mol. The molecule has 3 aromatic rings. The van der Waals surface area contributed by atoms with Gasteiger partial charge in [0.1, 0.15) is 12.4 Å². The Morgan fingerprint density at radius 1 is 1.04 bits per heavy atom. The standard InChI is InChI=1S/C20H19N3OS/c1-21-20(25)23-22-13-18-17-10-6-5-9-16(17)11-12-19(18)24-14-15-7-3-2-4-8-15/h2-13H,14H2,1H3,(H2,21,23,25). The van der Waals surface area contributed by atoms with Crippen molar-refractivity contribution in [3.05, 3.63) is 77.9 Å². The van der Waals surface area contributed by atoms with E-state index in [2.05, 4.69) is 34.0 Å². The van der Waals surface area contributed by atoms with Crippen molar-refractivity contribution in [1.82, 2.24) is 10.7 Å². The van der Waals surface area contributed by atoms with E-state index in [0.29, 0.717) is 11.7 Å². The van der Waals surface area contributed by atoms with Crippen LogP contribution in [0.3, 0.4) is 0 Å². The number of nitrogens with one attached hydrogen (secondary N) is 2. The summed E-state index contributed by atoms with van der Waals surface area (Å²) in [4.78, 5) is 0. The quantitative estimate of drug-likeness (QED) is 0.417. The highest BCUT2D eigenvalue weighted by atomic mass is 32.1. The second kappa shape index (κ2) is 8.26. The van der Waals surface area contributed by atoms with Crippen molar-refractivity contribution >= 4 is 34.3 Å². The lowest BCUT2D eigenvalue weighted by Gasteiger charge is -2.12.